The number of ether oxygens (including phenoxy) is 1. The molecule has 0 aliphatic heterocycles. The van der Waals surface area contributed by atoms with Crippen LogP contribution in [0.1, 0.15) is 5.69 Å². The lowest BCUT2D eigenvalue weighted by Gasteiger charge is -2.10. The number of hydrogen-bond acceptors (Lipinski definition) is 4. The first-order valence-corrected chi connectivity index (χ1v) is 7.39. The van der Waals surface area contributed by atoms with Crippen molar-refractivity contribution in [1.82, 2.24) is 14.8 Å². The molecule has 0 fully saturated rings. The fourth-order valence-electron chi connectivity index (χ4n) is 2.28. The van der Waals surface area contributed by atoms with Gasteiger partial charge in [0.1, 0.15) is 17.1 Å². The molecule has 0 radical (unpaired) electrons. The van der Waals surface area contributed by atoms with Crippen LogP contribution in [0.2, 0.25) is 5.02 Å². The molecule has 0 atom stereocenters. The number of amides is 1. The van der Waals surface area contributed by atoms with E-state index in [0.717, 1.165) is 11.1 Å². The normalized spacial score (nSPS) is 10.7. The van der Waals surface area contributed by atoms with Gasteiger partial charge in [-0.1, -0.05) is 11.6 Å². The fourth-order valence-corrected chi connectivity index (χ4v) is 2.49. The molecule has 3 rings (SSSR count). The summed E-state index contributed by atoms with van der Waals surface area (Å²) >= 11 is 6.13. The van der Waals surface area contributed by atoms with Gasteiger partial charge in [0.05, 0.1) is 10.7 Å². The average molecular weight is 331 g/mol. The zero-order valence-corrected chi connectivity index (χ0v) is 13.5. The number of halogens is 1. The molecule has 1 N–H and O–H groups in total. The second-order valence-electron chi connectivity index (χ2n) is 5.08. The number of fused-ring (bicyclic) bond motifs is 1. The van der Waals surface area contributed by atoms with Crippen molar-refractivity contribution in [3.8, 4) is 5.75 Å². The third-order valence-corrected chi connectivity index (χ3v) is 3.64. The van der Waals surface area contributed by atoms with Crippen LogP contribution < -0.4 is 10.1 Å². The van der Waals surface area contributed by atoms with Gasteiger partial charge in [0, 0.05) is 24.7 Å². The lowest BCUT2D eigenvalue weighted by Crippen LogP contribution is -2.21. The molecule has 1 amide bonds. The molecule has 0 bridgehead atoms. The molecule has 0 saturated heterocycles. The topological polar surface area (TPSA) is 69.0 Å². The fraction of sp³-hybridized carbons (Fsp3) is 0.188. The van der Waals surface area contributed by atoms with Crippen LogP contribution in [0, 0.1) is 6.92 Å². The van der Waals surface area contributed by atoms with E-state index in [1.807, 2.05) is 13.0 Å². The minimum absolute atomic E-state index is 0.127. The molecule has 7 heteroatoms. The smallest absolute Gasteiger partial charge is 0.263 e. The van der Waals surface area contributed by atoms with Crippen molar-refractivity contribution in [2.45, 2.75) is 6.92 Å². The van der Waals surface area contributed by atoms with Gasteiger partial charge < -0.3 is 10.1 Å². The Bertz CT molecular complexity index is 876. The Morgan fingerprint density at radius 1 is 1.39 bits per heavy atom. The highest BCUT2D eigenvalue weighted by Gasteiger charge is 2.11. The Labute approximate surface area is 138 Å². The van der Waals surface area contributed by atoms with Gasteiger partial charge in [-0.05, 0) is 31.2 Å². The number of nitrogens with one attached hydrogen (secondary N) is 1. The van der Waals surface area contributed by atoms with Gasteiger partial charge in [-0.15, -0.1) is 0 Å². The highest BCUT2D eigenvalue weighted by atomic mass is 35.5. The summed E-state index contributed by atoms with van der Waals surface area (Å²) in [6.07, 6.45) is 1.66. The first-order chi connectivity index (χ1) is 11.0. The van der Waals surface area contributed by atoms with Crippen molar-refractivity contribution in [2.24, 2.45) is 7.05 Å². The lowest BCUT2D eigenvalue weighted by molar-refractivity contribution is -0.118. The van der Waals surface area contributed by atoms with Crippen LogP contribution in [0.4, 0.5) is 5.82 Å². The van der Waals surface area contributed by atoms with E-state index in [9.17, 15) is 4.79 Å². The van der Waals surface area contributed by atoms with Crippen LogP contribution in [0.5, 0.6) is 5.75 Å². The van der Waals surface area contributed by atoms with Crippen molar-refractivity contribution in [2.75, 3.05) is 11.9 Å². The van der Waals surface area contributed by atoms with Crippen molar-refractivity contribution in [3.63, 3.8) is 0 Å². The molecule has 0 aliphatic carbocycles. The molecule has 0 aliphatic rings. The van der Waals surface area contributed by atoms with Gasteiger partial charge in [-0.2, -0.15) is 5.10 Å². The lowest BCUT2D eigenvalue weighted by atomic mass is 10.2. The molecule has 23 heavy (non-hydrogen) atoms. The predicted octanol–water partition coefficient (Wildman–Crippen LogP) is 2.95. The first-order valence-electron chi connectivity index (χ1n) is 7.01. The van der Waals surface area contributed by atoms with Gasteiger partial charge in [-0.25, -0.2) is 0 Å². The molecule has 0 unspecified atom stereocenters. The number of nitrogens with zero attached hydrogens (tertiary/aromatic N) is 3. The van der Waals surface area contributed by atoms with E-state index in [4.69, 9.17) is 16.3 Å². The summed E-state index contributed by atoms with van der Waals surface area (Å²) in [7, 11) is 1.76. The minimum atomic E-state index is -0.271. The van der Waals surface area contributed by atoms with E-state index in [-0.39, 0.29) is 12.5 Å². The molecule has 6 nitrogen and oxygen atoms in total. The quantitative estimate of drug-likeness (QED) is 0.798. The van der Waals surface area contributed by atoms with Crippen molar-refractivity contribution >= 4 is 34.2 Å². The summed E-state index contributed by atoms with van der Waals surface area (Å²) in [5.74, 6) is 0.864. The molecule has 118 valence electrons. The SMILES string of the molecule is Cc1cc(NC(=O)COc2ccc(Cl)c3cccnc23)n(C)n1. The second kappa shape index (κ2) is 6.26. The van der Waals surface area contributed by atoms with Gasteiger partial charge in [0.2, 0.25) is 0 Å². The van der Waals surface area contributed by atoms with E-state index < -0.39 is 0 Å². The number of rotatable bonds is 4. The second-order valence-corrected chi connectivity index (χ2v) is 5.48. The van der Waals surface area contributed by atoms with Gasteiger partial charge >= 0.3 is 0 Å². The Morgan fingerprint density at radius 3 is 2.96 bits per heavy atom. The van der Waals surface area contributed by atoms with Gasteiger partial charge in [-0.3, -0.25) is 14.5 Å². The van der Waals surface area contributed by atoms with Crippen molar-refractivity contribution < 1.29 is 9.53 Å². The number of carbonyl (C=O) groups excluding carboxylic acids is 1. The predicted molar refractivity (Wildman–Crippen MR) is 88.8 cm³/mol. The van der Waals surface area contributed by atoms with Crippen molar-refractivity contribution in [1.29, 1.82) is 0 Å². The first kappa shape index (κ1) is 15.3. The molecular formula is C16H15ClN4O2. The third kappa shape index (κ3) is 3.27. The maximum Gasteiger partial charge on any atom is 0.263 e. The number of hydrogen-bond donors (Lipinski definition) is 1. The van der Waals surface area contributed by atoms with Gasteiger partial charge in [0.25, 0.3) is 5.91 Å². The number of aromatic nitrogens is 3. The number of carbonyl (C=O) groups is 1. The van der Waals surface area contributed by atoms with E-state index in [1.165, 1.54) is 0 Å². The molecule has 0 saturated carbocycles. The molecule has 2 heterocycles. The van der Waals surface area contributed by atoms with Crippen LogP contribution in [-0.2, 0) is 11.8 Å². The molecule has 1 aromatic carbocycles. The Hall–Kier alpha value is -2.60. The number of anilines is 1. The summed E-state index contributed by atoms with van der Waals surface area (Å²) in [6, 6.07) is 8.88. The summed E-state index contributed by atoms with van der Waals surface area (Å²) in [5, 5.41) is 8.30. The Balaban J connectivity index is 1.72. The van der Waals surface area contributed by atoms with Crippen LogP contribution in [0.15, 0.2) is 36.5 Å². The Kier molecular flexibility index (Phi) is 4.16. The number of pyridine rings is 1. The van der Waals surface area contributed by atoms with E-state index in [0.29, 0.717) is 22.1 Å². The zero-order chi connectivity index (χ0) is 16.4. The van der Waals surface area contributed by atoms with E-state index in [1.54, 1.807) is 42.2 Å². The summed E-state index contributed by atoms with van der Waals surface area (Å²) < 4.78 is 7.20. The highest BCUT2D eigenvalue weighted by molar-refractivity contribution is 6.35. The standard InChI is InChI=1S/C16H15ClN4O2/c1-10-8-14(21(2)20-10)19-15(22)9-23-13-6-5-12(17)11-4-3-7-18-16(11)13/h3-8H,9H2,1-2H3,(H,19,22). The van der Waals surface area contributed by atoms with Crippen LogP contribution in [-0.4, -0.2) is 27.3 Å². The summed E-state index contributed by atoms with van der Waals surface area (Å²) in [4.78, 5) is 16.3. The summed E-state index contributed by atoms with van der Waals surface area (Å²) in [6.45, 7) is 1.73. The molecular weight excluding hydrogens is 316 g/mol. The minimum Gasteiger partial charge on any atom is -0.481 e. The average Bonchev–Trinajstić information content (AvgIpc) is 2.84. The molecule has 0 spiro atoms. The third-order valence-electron chi connectivity index (χ3n) is 3.31. The highest BCUT2D eigenvalue weighted by Crippen LogP contribution is 2.29. The van der Waals surface area contributed by atoms with Crippen LogP contribution in [0.25, 0.3) is 10.9 Å². The maximum absolute atomic E-state index is 12.0. The largest absolute Gasteiger partial charge is 0.481 e. The molecule has 2 aromatic heterocycles. The zero-order valence-electron chi connectivity index (χ0n) is 12.7. The van der Waals surface area contributed by atoms with Gasteiger partial charge in [0.15, 0.2) is 6.61 Å². The van der Waals surface area contributed by atoms with Crippen LogP contribution in [0.3, 0.4) is 0 Å². The Morgan fingerprint density at radius 2 is 2.22 bits per heavy atom. The van der Waals surface area contributed by atoms with Crippen molar-refractivity contribution in [3.05, 3.63) is 47.2 Å². The number of benzene rings is 1. The maximum atomic E-state index is 12.0. The monoisotopic (exact) mass is 330 g/mol. The van der Waals surface area contributed by atoms with E-state index >= 15 is 0 Å². The molecule has 3 aromatic rings. The number of aryl methyl sites for hydroxylation is 2. The summed E-state index contributed by atoms with van der Waals surface area (Å²) in [5.41, 5.74) is 1.46. The van der Waals surface area contributed by atoms with E-state index in [2.05, 4.69) is 15.4 Å². The van der Waals surface area contributed by atoms with Crippen LogP contribution >= 0.6 is 11.6 Å².